The molecule has 0 saturated carbocycles. The first kappa shape index (κ1) is 38.2. The molecule has 12 nitrogen and oxygen atoms in total. The Morgan fingerprint density at radius 2 is 0.421 bits per heavy atom. The van der Waals surface area contributed by atoms with Crippen LogP contribution in [0.3, 0.4) is 0 Å². The van der Waals surface area contributed by atoms with E-state index in [4.69, 9.17) is 56.8 Å². The quantitative estimate of drug-likeness (QED) is 0.0550. The van der Waals surface area contributed by atoms with E-state index in [0.29, 0.717) is 145 Å². The fraction of sp³-hybridized carbons (Fsp3) is 1.00. The molecule has 38 heavy (non-hydrogen) atoms. The Kier molecular flexibility index (Phi) is 37.5. The number of methoxy groups -OCH3 is 1. The standard InChI is InChI=1S/C25H51IO12/c1-27-4-5-29-8-9-31-12-13-33-16-17-35-20-21-37-24-25-38-23-22-36-19-18-34-15-14-32-11-10-30-7-6-28-3-2-26/h2-25H2,1H3. The van der Waals surface area contributed by atoms with Gasteiger partial charge < -0.3 is 56.8 Å². The van der Waals surface area contributed by atoms with E-state index < -0.39 is 0 Å². The highest BCUT2D eigenvalue weighted by Crippen LogP contribution is 1.87. The van der Waals surface area contributed by atoms with E-state index in [1.165, 1.54) is 0 Å². The lowest BCUT2D eigenvalue weighted by molar-refractivity contribution is -0.0279. The molecular formula is C25H51IO12. The van der Waals surface area contributed by atoms with E-state index in [9.17, 15) is 0 Å². The van der Waals surface area contributed by atoms with E-state index in [2.05, 4.69) is 22.6 Å². The number of alkyl halides is 1. The van der Waals surface area contributed by atoms with Crippen molar-refractivity contribution in [3.05, 3.63) is 0 Å². The molecule has 0 aliphatic carbocycles. The van der Waals surface area contributed by atoms with Crippen LogP contribution >= 0.6 is 22.6 Å². The van der Waals surface area contributed by atoms with Gasteiger partial charge in [0.1, 0.15) is 0 Å². The van der Waals surface area contributed by atoms with E-state index in [1.54, 1.807) is 7.11 Å². The molecule has 13 heteroatoms. The van der Waals surface area contributed by atoms with Crippen molar-refractivity contribution in [2.75, 3.05) is 163 Å². The zero-order valence-corrected chi connectivity index (χ0v) is 25.4. The Morgan fingerprint density at radius 1 is 0.263 bits per heavy atom. The van der Waals surface area contributed by atoms with Crippen molar-refractivity contribution in [2.24, 2.45) is 0 Å². The van der Waals surface area contributed by atoms with Gasteiger partial charge in [0.05, 0.1) is 152 Å². The van der Waals surface area contributed by atoms with Gasteiger partial charge in [-0.15, -0.1) is 0 Å². The van der Waals surface area contributed by atoms with Crippen LogP contribution in [-0.2, 0) is 56.8 Å². The molecule has 0 radical (unpaired) electrons. The molecule has 0 rings (SSSR count). The highest BCUT2D eigenvalue weighted by atomic mass is 127. The molecule has 0 heterocycles. The lowest BCUT2D eigenvalue weighted by Crippen LogP contribution is -2.15. The van der Waals surface area contributed by atoms with Gasteiger partial charge in [0, 0.05) is 11.5 Å². The van der Waals surface area contributed by atoms with Gasteiger partial charge in [-0.1, -0.05) is 22.6 Å². The van der Waals surface area contributed by atoms with E-state index in [1.807, 2.05) is 0 Å². The molecule has 0 aliphatic heterocycles. The maximum absolute atomic E-state index is 5.46. The summed E-state index contributed by atoms with van der Waals surface area (Å²) in [5, 5.41) is 0. The molecule has 0 aromatic carbocycles. The number of ether oxygens (including phenoxy) is 12. The molecule has 0 saturated heterocycles. The smallest absolute Gasteiger partial charge is 0.0701 e. The van der Waals surface area contributed by atoms with Gasteiger partial charge in [-0.05, 0) is 0 Å². The minimum Gasteiger partial charge on any atom is -0.382 e. The Labute approximate surface area is 242 Å². The predicted molar refractivity (Wildman–Crippen MR) is 150 cm³/mol. The third-order valence-corrected chi connectivity index (χ3v) is 4.81. The summed E-state index contributed by atoms with van der Waals surface area (Å²) < 4.78 is 65.4. The normalized spacial score (nSPS) is 11.5. The van der Waals surface area contributed by atoms with Crippen molar-refractivity contribution < 1.29 is 56.8 Å². The van der Waals surface area contributed by atoms with Gasteiger partial charge in [0.15, 0.2) is 0 Å². The highest BCUT2D eigenvalue weighted by Gasteiger charge is 1.96. The maximum Gasteiger partial charge on any atom is 0.0701 e. The fourth-order valence-electron chi connectivity index (χ4n) is 2.50. The van der Waals surface area contributed by atoms with Crippen LogP contribution in [0.4, 0.5) is 0 Å². The molecular weight excluding hydrogens is 619 g/mol. The molecule has 0 amide bonds. The summed E-state index contributed by atoms with van der Waals surface area (Å²) in [5.74, 6) is 0. The molecule has 0 atom stereocenters. The zero-order chi connectivity index (χ0) is 27.5. The van der Waals surface area contributed by atoms with Crippen molar-refractivity contribution in [1.82, 2.24) is 0 Å². The van der Waals surface area contributed by atoms with Gasteiger partial charge >= 0.3 is 0 Å². The minimum atomic E-state index is 0.521. The monoisotopic (exact) mass is 670 g/mol. The van der Waals surface area contributed by atoms with Crippen LogP contribution in [0.5, 0.6) is 0 Å². The Bertz CT molecular complexity index is 377. The molecule has 0 aromatic rings. The van der Waals surface area contributed by atoms with Crippen LogP contribution in [-0.4, -0.2) is 163 Å². The Morgan fingerprint density at radius 3 is 0.579 bits per heavy atom. The number of hydrogen-bond donors (Lipinski definition) is 0. The summed E-state index contributed by atoms with van der Waals surface area (Å²) in [5.41, 5.74) is 0. The number of hydrogen-bond acceptors (Lipinski definition) is 12. The van der Waals surface area contributed by atoms with E-state index in [0.717, 1.165) is 11.0 Å². The summed E-state index contributed by atoms with van der Waals surface area (Å²) in [4.78, 5) is 0. The van der Waals surface area contributed by atoms with Crippen LogP contribution < -0.4 is 0 Å². The highest BCUT2D eigenvalue weighted by molar-refractivity contribution is 14.1. The average molecular weight is 671 g/mol. The summed E-state index contributed by atoms with van der Waals surface area (Å²) in [6.07, 6.45) is 0. The summed E-state index contributed by atoms with van der Waals surface area (Å²) in [7, 11) is 1.65. The van der Waals surface area contributed by atoms with Gasteiger partial charge in [0.25, 0.3) is 0 Å². The number of halogens is 1. The van der Waals surface area contributed by atoms with Crippen molar-refractivity contribution in [2.45, 2.75) is 0 Å². The topological polar surface area (TPSA) is 111 Å². The van der Waals surface area contributed by atoms with E-state index >= 15 is 0 Å². The molecule has 0 bridgehead atoms. The summed E-state index contributed by atoms with van der Waals surface area (Å²) in [6.45, 7) is 12.8. The van der Waals surface area contributed by atoms with Crippen LogP contribution in [0.15, 0.2) is 0 Å². The molecule has 0 unspecified atom stereocenters. The predicted octanol–water partition coefficient (Wildman–Crippen LogP) is 1.25. The minimum absolute atomic E-state index is 0.521. The van der Waals surface area contributed by atoms with Gasteiger partial charge in [-0.3, -0.25) is 0 Å². The lowest BCUT2D eigenvalue weighted by Gasteiger charge is -2.09. The molecule has 230 valence electrons. The largest absolute Gasteiger partial charge is 0.382 e. The second-order valence-electron chi connectivity index (χ2n) is 7.42. The zero-order valence-electron chi connectivity index (χ0n) is 23.2. The Hall–Kier alpha value is 0.250. The first-order valence-corrected chi connectivity index (χ1v) is 14.8. The number of rotatable bonds is 35. The second kappa shape index (κ2) is 37.2. The lowest BCUT2D eigenvalue weighted by atomic mass is 10.6. The molecule has 0 fully saturated rings. The SMILES string of the molecule is COCCOCCOCCOCCOCCOCCOCCOCCOCCOCCOCCOCCI. The molecule has 0 aromatic heterocycles. The average Bonchev–Trinajstić information content (AvgIpc) is 2.93. The van der Waals surface area contributed by atoms with Crippen molar-refractivity contribution >= 4 is 22.6 Å². The second-order valence-corrected chi connectivity index (χ2v) is 8.50. The summed E-state index contributed by atoms with van der Waals surface area (Å²) >= 11 is 2.28. The first-order chi connectivity index (χ1) is 18.9. The third kappa shape index (κ3) is 36.2. The van der Waals surface area contributed by atoms with Gasteiger partial charge in [0.2, 0.25) is 0 Å². The van der Waals surface area contributed by atoms with Crippen molar-refractivity contribution in [3.8, 4) is 0 Å². The van der Waals surface area contributed by atoms with Gasteiger partial charge in [-0.2, -0.15) is 0 Å². The third-order valence-electron chi connectivity index (χ3n) is 4.37. The maximum atomic E-state index is 5.46. The molecule has 0 N–H and O–H groups in total. The first-order valence-electron chi connectivity index (χ1n) is 13.3. The van der Waals surface area contributed by atoms with Crippen LogP contribution in [0.2, 0.25) is 0 Å². The van der Waals surface area contributed by atoms with Gasteiger partial charge in [-0.25, -0.2) is 0 Å². The van der Waals surface area contributed by atoms with Crippen LogP contribution in [0.25, 0.3) is 0 Å². The summed E-state index contributed by atoms with van der Waals surface area (Å²) in [6, 6.07) is 0. The van der Waals surface area contributed by atoms with Crippen LogP contribution in [0.1, 0.15) is 0 Å². The molecule has 0 spiro atoms. The molecule has 0 aliphatic rings. The van der Waals surface area contributed by atoms with Crippen molar-refractivity contribution in [1.29, 1.82) is 0 Å². The van der Waals surface area contributed by atoms with Crippen molar-refractivity contribution in [3.63, 3.8) is 0 Å². The van der Waals surface area contributed by atoms with E-state index in [-0.39, 0.29) is 0 Å². The van der Waals surface area contributed by atoms with Crippen LogP contribution in [0, 0.1) is 0 Å². The fourth-order valence-corrected chi connectivity index (χ4v) is 2.81. The Balaban J connectivity index is 3.01.